The van der Waals surface area contributed by atoms with Crippen LogP contribution in [-0.4, -0.2) is 37.9 Å². The molecule has 0 aromatic rings. The number of hydrogen-bond acceptors (Lipinski definition) is 5. The molecule has 0 aromatic carbocycles. The maximum Gasteiger partial charge on any atom is 0.310 e. The Morgan fingerprint density at radius 1 is 0.375 bits per heavy atom. The van der Waals surface area contributed by atoms with Gasteiger partial charge in [0.1, 0.15) is 6.61 Å². The van der Waals surface area contributed by atoms with Crippen molar-refractivity contribution in [3.63, 3.8) is 0 Å². The fourth-order valence-corrected chi connectivity index (χ4v) is 6.88. The van der Waals surface area contributed by atoms with Crippen LogP contribution in [-0.2, 0) is 23.8 Å². The Balaban J connectivity index is 4.43. The van der Waals surface area contributed by atoms with Crippen LogP contribution in [0.1, 0.15) is 226 Å². The zero-order valence-corrected chi connectivity index (χ0v) is 41.8. The smallest absolute Gasteiger partial charge is 0.310 e. The van der Waals surface area contributed by atoms with E-state index in [4.69, 9.17) is 14.2 Å². The third-order valence-electron chi connectivity index (χ3n) is 10.8. The van der Waals surface area contributed by atoms with Crippen molar-refractivity contribution < 1.29 is 23.8 Å². The van der Waals surface area contributed by atoms with Crippen molar-refractivity contribution in [2.75, 3.05) is 19.8 Å². The Morgan fingerprint density at radius 2 is 0.750 bits per heavy atom. The average molecular weight is 887 g/mol. The van der Waals surface area contributed by atoms with Crippen molar-refractivity contribution in [3.8, 4) is 0 Å². The topological polar surface area (TPSA) is 61.8 Å². The van der Waals surface area contributed by atoms with E-state index >= 15 is 0 Å². The lowest BCUT2D eigenvalue weighted by Crippen LogP contribution is -2.29. The van der Waals surface area contributed by atoms with Crippen LogP contribution in [0.15, 0.2) is 109 Å². The Bertz CT molecular complexity index is 1280. The van der Waals surface area contributed by atoms with Gasteiger partial charge in [0, 0.05) is 13.0 Å². The van der Waals surface area contributed by atoms with Gasteiger partial charge in [0.05, 0.1) is 13.0 Å². The third kappa shape index (κ3) is 51.2. The molecular formula is C59H98O5. The molecule has 364 valence electrons. The molecule has 0 bridgehead atoms. The van der Waals surface area contributed by atoms with Gasteiger partial charge in [-0.1, -0.05) is 214 Å². The zero-order chi connectivity index (χ0) is 46.3. The van der Waals surface area contributed by atoms with Gasteiger partial charge < -0.3 is 14.2 Å². The minimum absolute atomic E-state index is 0.0314. The lowest BCUT2D eigenvalue weighted by molar-refractivity contribution is -0.162. The molecule has 0 spiro atoms. The SMILES string of the molecule is CC/C=C\C/C=C\C/C=C\C/C=C\C/C=C\CC(=O)OC(COCCCCCCCC/C=C\C/C=C\CCCCC)COC(=O)CCCCCCCCC/C=C\C/C=C\CCCCC. The molecule has 64 heavy (non-hydrogen) atoms. The summed E-state index contributed by atoms with van der Waals surface area (Å²) in [5, 5.41) is 0. The minimum Gasteiger partial charge on any atom is -0.462 e. The van der Waals surface area contributed by atoms with Crippen molar-refractivity contribution >= 4 is 11.9 Å². The van der Waals surface area contributed by atoms with Gasteiger partial charge in [-0.25, -0.2) is 0 Å². The minimum atomic E-state index is -0.606. The highest BCUT2D eigenvalue weighted by atomic mass is 16.6. The predicted molar refractivity (Wildman–Crippen MR) is 279 cm³/mol. The zero-order valence-electron chi connectivity index (χ0n) is 41.8. The number of unbranched alkanes of at least 4 members (excludes halogenated alkanes) is 19. The number of ether oxygens (including phenoxy) is 3. The molecule has 0 aliphatic carbocycles. The van der Waals surface area contributed by atoms with Crippen molar-refractivity contribution in [2.24, 2.45) is 0 Å². The van der Waals surface area contributed by atoms with Crippen LogP contribution in [0, 0.1) is 0 Å². The van der Waals surface area contributed by atoms with Crippen LogP contribution in [0.2, 0.25) is 0 Å². The van der Waals surface area contributed by atoms with Crippen LogP contribution in [0.3, 0.4) is 0 Å². The molecule has 0 heterocycles. The molecule has 1 atom stereocenters. The van der Waals surface area contributed by atoms with Gasteiger partial charge in [-0.15, -0.1) is 0 Å². The Kier molecular flexibility index (Phi) is 51.0. The summed E-state index contributed by atoms with van der Waals surface area (Å²) in [6.45, 7) is 7.52. The largest absolute Gasteiger partial charge is 0.462 e. The highest BCUT2D eigenvalue weighted by Crippen LogP contribution is 2.12. The average Bonchev–Trinajstić information content (AvgIpc) is 3.30. The van der Waals surface area contributed by atoms with E-state index in [9.17, 15) is 9.59 Å². The van der Waals surface area contributed by atoms with Crippen molar-refractivity contribution in [3.05, 3.63) is 109 Å². The summed E-state index contributed by atoms with van der Waals surface area (Å²) in [5.74, 6) is -0.562. The highest BCUT2D eigenvalue weighted by Gasteiger charge is 2.17. The first kappa shape index (κ1) is 60.6. The van der Waals surface area contributed by atoms with Gasteiger partial charge in [0.2, 0.25) is 0 Å². The second-order valence-corrected chi connectivity index (χ2v) is 17.1. The fraction of sp³-hybridized carbons (Fsp3) is 0.661. The quantitative estimate of drug-likeness (QED) is 0.0346. The Hall–Kier alpha value is -3.44. The van der Waals surface area contributed by atoms with Crippen molar-refractivity contribution in [2.45, 2.75) is 232 Å². The van der Waals surface area contributed by atoms with Crippen LogP contribution in [0.4, 0.5) is 0 Å². The van der Waals surface area contributed by atoms with Crippen molar-refractivity contribution in [1.29, 1.82) is 0 Å². The van der Waals surface area contributed by atoms with E-state index in [1.54, 1.807) is 0 Å². The second-order valence-electron chi connectivity index (χ2n) is 17.1. The molecule has 0 rings (SSSR count). The maximum atomic E-state index is 12.8. The summed E-state index contributed by atoms with van der Waals surface area (Å²) >= 11 is 0. The second kappa shape index (κ2) is 53.9. The van der Waals surface area contributed by atoms with Gasteiger partial charge in [0.15, 0.2) is 6.10 Å². The highest BCUT2D eigenvalue weighted by molar-refractivity contribution is 5.71. The number of carbonyl (C=O) groups is 2. The van der Waals surface area contributed by atoms with Gasteiger partial charge >= 0.3 is 11.9 Å². The summed E-state index contributed by atoms with van der Waals surface area (Å²) in [5.41, 5.74) is 0. The monoisotopic (exact) mass is 887 g/mol. The normalized spacial score (nSPS) is 13.1. The predicted octanol–water partition coefficient (Wildman–Crippen LogP) is 18.0. The molecule has 0 amide bonds. The first-order valence-corrected chi connectivity index (χ1v) is 26.4. The molecule has 0 saturated heterocycles. The van der Waals surface area contributed by atoms with E-state index in [-0.39, 0.29) is 31.6 Å². The number of rotatable bonds is 47. The number of esters is 2. The van der Waals surface area contributed by atoms with Crippen LogP contribution in [0.25, 0.3) is 0 Å². The van der Waals surface area contributed by atoms with E-state index in [1.165, 1.54) is 103 Å². The summed E-state index contributed by atoms with van der Waals surface area (Å²) in [6, 6.07) is 0. The van der Waals surface area contributed by atoms with Gasteiger partial charge in [-0.2, -0.15) is 0 Å². The van der Waals surface area contributed by atoms with E-state index < -0.39 is 6.10 Å². The number of allylic oxidation sites excluding steroid dienone is 17. The molecular weight excluding hydrogens is 789 g/mol. The lowest BCUT2D eigenvalue weighted by atomic mass is 10.1. The summed E-state index contributed by atoms with van der Waals surface area (Å²) < 4.78 is 17.3. The van der Waals surface area contributed by atoms with Crippen LogP contribution >= 0.6 is 0 Å². The maximum absolute atomic E-state index is 12.8. The van der Waals surface area contributed by atoms with Crippen LogP contribution in [0.5, 0.6) is 0 Å². The van der Waals surface area contributed by atoms with E-state index in [0.29, 0.717) is 13.0 Å². The lowest BCUT2D eigenvalue weighted by Gasteiger charge is -2.18. The van der Waals surface area contributed by atoms with Crippen LogP contribution < -0.4 is 0 Å². The molecule has 1 unspecified atom stereocenters. The summed E-state index contributed by atoms with van der Waals surface area (Å²) in [7, 11) is 0. The third-order valence-corrected chi connectivity index (χ3v) is 10.8. The molecule has 0 saturated carbocycles. The summed E-state index contributed by atoms with van der Waals surface area (Å²) in [4.78, 5) is 25.4. The number of hydrogen-bond donors (Lipinski definition) is 0. The van der Waals surface area contributed by atoms with Gasteiger partial charge in [-0.05, 0) is 109 Å². The van der Waals surface area contributed by atoms with Gasteiger partial charge in [-0.3, -0.25) is 9.59 Å². The fourth-order valence-electron chi connectivity index (χ4n) is 6.88. The molecule has 0 N–H and O–H groups in total. The van der Waals surface area contributed by atoms with Gasteiger partial charge in [0.25, 0.3) is 0 Å². The van der Waals surface area contributed by atoms with E-state index in [2.05, 4.69) is 118 Å². The molecule has 0 aliphatic heterocycles. The molecule has 0 aromatic heterocycles. The molecule has 5 heteroatoms. The number of carbonyl (C=O) groups excluding carboxylic acids is 2. The summed E-state index contributed by atoms with van der Waals surface area (Å²) in [6.07, 6.45) is 74.0. The molecule has 0 fully saturated rings. The van der Waals surface area contributed by atoms with Crippen molar-refractivity contribution in [1.82, 2.24) is 0 Å². The van der Waals surface area contributed by atoms with E-state index in [1.807, 2.05) is 12.2 Å². The molecule has 0 radical (unpaired) electrons. The molecule has 5 nitrogen and oxygen atoms in total. The standard InChI is InChI=1S/C59H98O5/c1-4-7-10-13-16-19-22-25-28-30-32-34-37-40-43-46-49-52-58(60)63-56-57(55-62-54-51-48-45-42-39-36-33-29-26-23-20-17-14-11-8-5-2)64-59(61)53-50-47-44-41-38-35-31-27-24-21-18-15-12-9-6-3/h9,12,16-21,25-29,31,38,41,47,50,57H,4-8,10-11,13-15,22-24,30,32-37,39-40,42-46,48-49,51-56H2,1-3H3/b12-9-,19-16-,20-17-,21-18-,28-25-,29-26-,31-27-,41-38-,50-47-. The first-order chi connectivity index (χ1) is 31.6. The molecule has 0 aliphatic rings. The Labute approximate surface area is 395 Å². The Morgan fingerprint density at radius 3 is 1.20 bits per heavy atom. The van der Waals surface area contributed by atoms with E-state index in [0.717, 1.165) is 89.9 Å². The first-order valence-electron chi connectivity index (χ1n) is 26.4.